The van der Waals surface area contributed by atoms with Crippen molar-refractivity contribution in [2.75, 3.05) is 13.1 Å². The van der Waals surface area contributed by atoms with Gasteiger partial charge in [0, 0.05) is 12.1 Å². The van der Waals surface area contributed by atoms with E-state index in [1.54, 1.807) is 0 Å². The molecule has 2 nitrogen and oxygen atoms in total. The normalized spacial score (nSPS) is 20.4. The molecule has 1 heterocycles. The van der Waals surface area contributed by atoms with Gasteiger partial charge in [-0.3, -0.25) is 4.90 Å². The highest BCUT2D eigenvalue weighted by Crippen LogP contribution is 2.26. The Bertz CT molecular complexity index is 404. The van der Waals surface area contributed by atoms with E-state index >= 15 is 0 Å². The number of nitrogens with two attached hydrogens (primary N) is 1. The zero-order valence-corrected chi connectivity index (χ0v) is 14.0. The van der Waals surface area contributed by atoms with Gasteiger partial charge in [0.2, 0.25) is 0 Å². The monoisotopic (exact) mass is 288 g/mol. The predicted octanol–water partition coefficient (Wildman–Crippen LogP) is 4.15. The van der Waals surface area contributed by atoms with Crippen LogP contribution in [0.3, 0.4) is 0 Å². The van der Waals surface area contributed by atoms with Crippen molar-refractivity contribution in [3.05, 3.63) is 35.4 Å². The van der Waals surface area contributed by atoms with E-state index in [2.05, 4.69) is 49.9 Å². The molecular formula is C19H32N2. The number of likely N-dealkylation sites (tertiary alicyclic amines) is 1. The largest absolute Gasteiger partial charge is 0.323 e. The van der Waals surface area contributed by atoms with E-state index in [1.807, 2.05) is 0 Å². The third-order valence-electron chi connectivity index (χ3n) is 5.21. The summed E-state index contributed by atoms with van der Waals surface area (Å²) in [5, 5.41) is 0. The van der Waals surface area contributed by atoms with Gasteiger partial charge in [-0.2, -0.15) is 0 Å². The summed E-state index contributed by atoms with van der Waals surface area (Å²) < 4.78 is 0. The fraction of sp³-hybridized carbons (Fsp3) is 0.684. The molecule has 0 spiro atoms. The first-order chi connectivity index (χ1) is 10.2. The Morgan fingerprint density at radius 1 is 1.14 bits per heavy atom. The van der Waals surface area contributed by atoms with Crippen LogP contribution in [0.5, 0.6) is 0 Å². The Labute approximate surface area is 130 Å². The number of rotatable bonds is 6. The average molecular weight is 288 g/mol. The Hall–Kier alpha value is -0.860. The summed E-state index contributed by atoms with van der Waals surface area (Å²) in [5.41, 5.74) is 9.17. The lowest BCUT2D eigenvalue weighted by atomic mass is 9.90. The van der Waals surface area contributed by atoms with Crippen LogP contribution in [0.25, 0.3) is 0 Å². The molecule has 0 amide bonds. The third-order valence-corrected chi connectivity index (χ3v) is 5.21. The SMILES string of the molecule is CCCC1CCN(C(C)C(N)c2ccc(CC)cc2)CC1. The fourth-order valence-electron chi connectivity index (χ4n) is 3.54. The van der Waals surface area contributed by atoms with Crippen LogP contribution in [-0.4, -0.2) is 24.0 Å². The zero-order chi connectivity index (χ0) is 15.2. The molecule has 2 unspecified atom stereocenters. The first-order valence-corrected chi connectivity index (χ1v) is 8.74. The van der Waals surface area contributed by atoms with Gasteiger partial charge >= 0.3 is 0 Å². The highest BCUT2D eigenvalue weighted by atomic mass is 15.2. The van der Waals surface area contributed by atoms with Crippen molar-refractivity contribution in [1.82, 2.24) is 4.90 Å². The number of hydrogen-bond acceptors (Lipinski definition) is 2. The van der Waals surface area contributed by atoms with Crippen molar-refractivity contribution < 1.29 is 0 Å². The van der Waals surface area contributed by atoms with E-state index < -0.39 is 0 Å². The Kier molecular flexibility index (Phi) is 6.25. The van der Waals surface area contributed by atoms with Crippen LogP contribution >= 0.6 is 0 Å². The number of aryl methyl sites for hydroxylation is 1. The Morgan fingerprint density at radius 3 is 2.29 bits per heavy atom. The van der Waals surface area contributed by atoms with Gasteiger partial charge in [-0.05, 0) is 56.3 Å². The lowest BCUT2D eigenvalue weighted by Crippen LogP contribution is -2.45. The lowest BCUT2D eigenvalue weighted by molar-refractivity contribution is 0.122. The second-order valence-electron chi connectivity index (χ2n) is 6.63. The van der Waals surface area contributed by atoms with Gasteiger partial charge in [-0.25, -0.2) is 0 Å². The van der Waals surface area contributed by atoms with Crippen molar-refractivity contribution >= 4 is 0 Å². The summed E-state index contributed by atoms with van der Waals surface area (Å²) in [6.07, 6.45) is 6.51. The van der Waals surface area contributed by atoms with E-state index in [0.717, 1.165) is 12.3 Å². The summed E-state index contributed by atoms with van der Waals surface area (Å²) in [7, 11) is 0. The van der Waals surface area contributed by atoms with Gasteiger partial charge in [0.1, 0.15) is 0 Å². The standard InChI is InChI=1S/C19H32N2/c1-4-6-17-11-13-21(14-12-17)15(3)19(20)18-9-7-16(5-2)8-10-18/h7-10,15,17,19H,4-6,11-14,20H2,1-3H3. The molecule has 0 saturated carbocycles. The van der Waals surface area contributed by atoms with Crippen LogP contribution in [-0.2, 0) is 6.42 Å². The van der Waals surface area contributed by atoms with E-state index in [-0.39, 0.29) is 6.04 Å². The molecule has 1 aromatic rings. The predicted molar refractivity (Wildman–Crippen MR) is 91.4 cm³/mol. The van der Waals surface area contributed by atoms with Crippen molar-refractivity contribution in [2.24, 2.45) is 11.7 Å². The van der Waals surface area contributed by atoms with Crippen molar-refractivity contribution in [3.8, 4) is 0 Å². The van der Waals surface area contributed by atoms with Crippen molar-refractivity contribution in [2.45, 2.75) is 65.0 Å². The molecule has 21 heavy (non-hydrogen) atoms. The molecule has 1 aliphatic heterocycles. The van der Waals surface area contributed by atoms with Gasteiger partial charge < -0.3 is 5.73 Å². The van der Waals surface area contributed by atoms with Gasteiger partial charge in [0.05, 0.1) is 0 Å². The van der Waals surface area contributed by atoms with Crippen LogP contribution in [0.15, 0.2) is 24.3 Å². The number of nitrogens with zero attached hydrogens (tertiary/aromatic N) is 1. The lowest BCUT2D eigenvalue weighted by Gasteiger charge is -2.38. The number of hydrogen-bond donors (Lipinski definition) is 1. The minimum absolute atomic E-state index is 0.124. The van der Waals surface area contributed by atoms with E-state index in [4.69, 9.17) is 5.73 Å². The van der Waals surface area contributed by atoms with Crippen LogP contribution < -0.4 is 5.73 Å². The topological polar surface area (TPSA) is 29.3 Å². The number of piperidine rings is 1. The Morgan fingerprint density at radius 2 is 1.76 bits per heavy atom. The maximum atomic E-state index is 6.51. The van der Waals surface area contributed by atoms with Crippen molar-refractivity contribution in [3.63, 3.8) is 0 Å². The molecule has 2 rings (SSSR count). The second kappa shape index (κ2) is 7.95. The molecule has 118 valence electrons. The summed E-state index contributed by atoms with van der Waals surface area (Å²) in [4.78, 5) is 2.59. The van der Waals surface area contributed by atoms with Crippen LogP contribution in [0, 0.1) is 5.92 Å². The molecule has 2 N–H and O–H groups in total. The molecule has 1 aliphatic rings. The Balaban J connectivity index is 1.91. The van der Waals surface area contributed by atoms with Crippen LogP contribution in [0.1, 0.15) is 63.6 Å². The smallest absolute Gasteiger partial charge is 0.0450 e. The molecular weight excluding hydrogens is 256 g/mol. The first-order valence-electron chi connectivity index (χ1n) is 8.74. The summed E-state index contributed by atoms with van der Waals surface area (Å²) in [5.74, 6) is 0.943. The molecule has 1 aromatic carbocycles. The summed E-state index contributed by atoms with van der Waals surface area (Å²) in [6.45, 7) is 9.21. The van der Waals surface area contributed by atoms with Crippen molar-refractivity contribution in [1.29, 1.82) is 0 Å². The maximum absolute atomic E-state index is 6.51. The molecule has 1 fully saturated rings. The van der Waals surface area contributed by atoms with E-state index in [0.29, 0.717) is 6.04 Å². The fourth-order valence-corrected chi connectivity index (χ4v) is 3.54. The quantitative estimate of drug-likeness (QED) is 0.852. The summed E-state index contributed by atoms with van der Waals surface area (Å²) >= 11 is 0. The molecule has 2 heteroatoms. The minimum Gasteiger partial charge on any atom is -0.323 e. The zero-order valence-electron chi connectivity index (χ0n) is 14.0. The second-order valence-corrected chi connectivity index (χ2v) is 6.63. The highest BCUT2D eigenvalue weighted by molar-refractivity contribution is 5.25. The highest BCUT2D eigenvalue weighted by Gasteiger charge is 2.26. The van der Waals surface area contributed by atoms with Gasteiger partial charge in [-0.1, -0.05) is 51.0 Å². The van der Waals surface area contributed by atoms with Crippen LogP contribution in [0.2, 0.25) is 0 Å². The maximum Gasteiger partial charge on any atom is 0.0450 e. The number of benzene rings is 1. The van der Waals surface area contributed by atoms with E-state index in [1.165, 1.54) is 49.9 Å². The molecule has 0 aromatic heterocycles. The van der Waals surface area contributed by atoms with E-state index in [9.17, 15) is 0 Å². The third kappa shape index (κ3) is 4.31. The first kappa shape index (κ1) is 16.5. The molecule has 0 bridgehead atoms. The van der Waals surface area contributed by atoms with Gasteiger partial charge in [-0.15, -0.1) is 0 Å². The molecule has 0 aliphatic carbocycles. The minimum atomic E-state index is 0.124. The molecule has 2 atom stereocenters. The van der Waals surface area contributed by atoms with Crippen LogP contribution in [0.4, 0.5) is 0 Å². The summed E-state index contributed by atoms with van der Waals surface area (Å²) in [6, 6.07) is 9.41. The molecule has 1 saturated heterocycles. The van der Waals surface area contributed by atoms with Gasteiger partial charge in [0.15, 0.2) is 0 Å². The average Bonchev–Trinajstić information content (AvgIpc) is 2.54. The molecule has 0 radical (unpaired) electrons. The van der Waals surface area contributed by atoms with Gasteiger partial charge in [0.25, 0.3) is 0 Å².